The highest BCUT2D eigenvalue weighted by molar-refractivity contribution is 6.30. The lowest BCUT2D eigenvalue weighted by atomic mass is 9.88. The summed E-state index contributed by atoms with van der Waals surface area (Å²) in [7, 11) is 0. The Morgan fingerprint density at radius 2 is 1.91 bits per heavy atom. The molecule has 3 aromatic carbocycles. The largest absolute Gasteiger partial charge is 0.441 e. The maximum absolute atomic E-state index is 13.6. The lowest BCUT2D eigenvalue weighted by Crippen LogP contribution is -2.41. The highest BCUT2D eigenvalue weighted by atomic mass is 35.5. The molecule has 1 atom stereocenters. The van der Waals surface area contributed by atoms with Crippen molar-refractivity contribution in [3.8, 4) is 11.5 Å². The van der Waals surface area contributed by atoms with Gasteiger partial charge in [0.1, 0.15) is 11.6 Å². The Morgan fingerprint density at radius 3 is 2.70 bits per heavy atom. The maximum atomic E-state index is 13.6. The van der Waals surface area contributed by atoms with E-state index in [0.29, 0.717) is 34.5 Å². The zero-order valence-electron chi connectivity index (χ0n) is 18.1. The Balaban J connectivity index is 1.46. The first-order chi connectivity index (χ1) is 16.0. The fraction of sp³-hybridized carbons (Fsp3) is 0.185. The first-order valence-electron chi connectivity index (χ1n) is 10.8. The molecule has 1 aliphatic rings. The van der Waals surface area contributed by atoms with Crippen LogP contribution in [0.4, 0.5) is 4.39 Å². The van der Waals surface area contributed by atoms with Gasteiger partial charge in [0.25, 0.3) is 0 Å². The number of carbonyl (C=O) groups excluding carboxylic acids is 1. The lowest BCUT2D eigenvalue weighted by molar-refractivity contribution is -0.132. The van der Waals surface area contributed by atoms with Crippen molar-refractivity contribution in [2.45, 2.75) is 25.8 Å². The summed E-state index contributed by atoms with van der Waals surface area (Å²) in [6, 6.07) is 21.8. The van der Waals surface area contributed by atoms with Crippen LogP contribution in [0.1, 0.15) is 34.2 Å². The van der Waals surface area contributed by atoms with Crippen molar-refractivity contribution in [3.05, 3.63) is 112 Å². The minimum absolute atomic E-state index is 0.0355. The van der Waals surface area contributed by atoms with Gasteiger partial charge in [0.05, 0.1) is 18.2 Å². The normalized spacial score (nSPS) is 15.4. The zero-order chi connectivity index (χ0) is 22.9. The van der Waals surface area contributed by atoms with Crippen molar-refractivity contribution >= 4 is 17.5 Å². The molecule has 4 nitrogen and oxygen atoms in total. The SMILES string of the molecule is Cc1oc(-c2cccc(F)c2)nc1CC(=O)N1CCc2ccccc2[C@H]1c1ccc(Cl)cc1. The second kappa shape index (κ2) is 8.83. The molecule has 0 unspecified atom stereocenters. The van der Waals surface area contributed by atoms with Crippen LogP contribution in [0.15, 0.2) is 77.2 Å². The van der Waals surface area contributed by atoms with Gasteiger partial charge < -0.3 is 9.32 Å². The van der Waals surface area contributed by atoms with Crippen LogP contribution < -0.4 is 0 Å². The van der Waals surface area contributed by atoms with Gasteiger partial charge in [0.2, 0.25) is 11.8 Å². The molecule has 4 aromatic rings. The Hall–Kier alpha value is -3.44. The summed E-state index contributed by atoms with van der Waals surface area (Å²) < 4.78 is 19.4. The van der Waals surface area contributed by atoms with Crippen LogP contribution in [0.5, 0.6) is 0 Å². The van der Waals surface area contributed by atoms with Crippen LogP contribution >= 0.6 is 11.6 Å². The average Bonchev–Trinajstić information content (AvgIpc) is 3.19. The topological polar surface area (TPSA) is 46.3 Å². The molecule has 0 aliphatic carbocycles. The number of aryl methyl sites for hydroxylation is 1. The molecular formula is C27H22ClFN2O2. The molecule has 0 bridgehead atoms. The molecule has 2 heterocycles. The Bertz CT molecular complexity index is 1320. The maximum Gasteiger partial charge on any atom is 0.229 e. The highest BCUT2D eigenvalue weighted by Gasteiger charge is 2.32. The number of oxazole rings is 1. The summed E-state index contributed by atoms with van der Waals surface area (Å²) >= 11 is 6.11. The van der Waals surface area contributed by atoms with Gasteiger partial charge in [-0.05, 0) is 60.4 Å². The summed E-state index contributed by atoms with van der Waals surface area (Å²) in [6.07, 6.45) is 0.898. The van der Waals surface area contributed by atoms with E-state index in [1.165, 1.54) is 17.7 Å². The third kappa shape index (κ3) is 4.29. The molecule has 0 fully saturated rings. The highest BCUT2D eigenvalue weighted by Crippen LogP contribution is 2.36. The van der Waals surface area contributed by atoms with E-state index in [9.17, 15) is 9.18 Å². The van der Waals surface area contributed by atoms with Crippen molar-refractivity contribution in [3.63, 3.8) is 0 Å². The third-order valence-corrected chi connectivity index (χ3v) is 6.32. The number of halogens is 2. The number of nitrogens with zero attached hydrogens (tertiary/aromatic N) is 2. The van der Waals surface area contributed by atoms with Crippen molar-refractivity contribution in [1.82, 2.24) is 9.88 Å². The van der Waals surface area contributed by atoms with E-state index in [2.05, 4.69) is 17.1 Å². The predicted octanol–water partition coefficient (Wildman–Crippen LogP) is 6.16. The van der Waals surface area contributed by atoms with Crippen molar-refractivity contribution < 1.29 is 13.6 Å². The van der Waals surface area contributed by atoms with Crippen LogP contribution in [-0.4, -0.2) is 22.3 Å². The van der Waals surface area contributed by atoms with E-state index in [1.807, 2.05) is 41.3 Å². The summed E-state index contributed by atoms with van der Waals surface area (Å²) in [4.78, 5) is 20.0. The Kier molecular flexibility index (Phi) is 5.73. The molecule has 6 heteroatoms. The summed E-state index contributed by atoms with van der Waals surface area (Å²) in [6.45, 7) is 2.39. The van der Waals surface area contributed by atoms with Crippen molar-refractivity contribution in [2.24, 2.45) is 0 Å². The lowest BCUT2D eigenvalue weighted by Gasteiger charge is -2.38. The van der Waals surface area contributed by atoms with E-state index in [-0.39, 0.29) is 24.2 Å². The molecule has 33 heavy (non-hydrogen) atoms. The van der Waals surface area contributed by atoms with Crippen LogP contribution in [0.3, 0.4) is 0 Å². The van der Waals surface area contributed by atoms with Gasteiger partial charge in [-0.3, -0.25) is 4.79 Å². The monoisotopic (exact) mass is 460 g/mol. The standard InChI is InChI=1S/C27H22ClFN2O2/c1-17-24(30-27(33-17)20-6-4-7-22(29)15-20)16-25(32)31-14-13-18-5-2-3-8-23(18)26(31)19-9-11-21(28)12-10-19/h2-12,15,26H,13-14,16H2,1H3/t26-/m1/s1. The number of fused-ring (bicyclic) bond motifs is 1. The van der Waals surface area contributed by atoms with Crippen molar-refractivity contribution in [2.75, 3.05) is 6.54 Å². The van der Waals surface area contributed by atoms with E-state index in [0.717, 1.165) is 17.5 Å². The number of rotatable bonds is 4. The molecule has 166 valence electrons. The van der Waals surface area contributed by atoms with Crippen LogP contribution in [0, 0.1) is 12.7 Å². The number of hydrogen-bond donors (Lipinski definition) is 0. The van der Waals surface area contributed by atoms with Gasteiger partial charge in [-0.15, -0.1) is 0 Å². The summed E-state index contributed by atoms with van der Waals surface area (Å²) in [5, 5.41) is 0.656. The van der Waals surface area contributed by atoms with Crippen molar-refractivity contribution in [1.29, 1.82) is 0 Å². The quantitative estimate of drug-likeness (QED) is 0.366. The van der Waals surface area contributed by atoms with E-state index >= 15 is 0 Å². The second-order valence-electron chi connectivity index (χ2n) is 8.20. The fourth-order valence-corrected chi connectivity index (χ4v) is 4.55. The molecule has 1 aromatic heterocycles. The molecule has 0 radical (unpaired) electrons. The predicted molar refractivity (Wildman–Crippen MR) is 125 cm³/mol. The number of amides is 1. The smallest absolute Gasteiger partial charge is 0.229 e. The molecule has 0 saturated carbocycles. The first kappa shape index (κ1) is 21.4. The van der Waals surface area contributed by atoms with Gasteiger partial charge in [-0.25, -0.2) is 9.37 Å². The molecule has 0 spiro atoms. The molecular weight excluding hydrogens is 439 g/mol. The van der Waals surface area contributed by atoms with E-state index in [1.54, 1.807) is 19.1 Å². The minimum atomic E-state index is -0.362. The zero-order valence-corrected chi connectivity index (χ0v) is 18.8. The second-order valence-corrected chi connectivity index (χ2v) is 8.64. The number of carbonyl (C=O) groups is 1. The van der Waals surface area contributed by atoms with Crippen LogP contribution in [0.25, 0.3) is 11.5 Å². The van der Waals surface area contributed by atoms with E-state index < -0.39 is 0 Å². The Labute approximate surface area is 196 Å². The molecule has 0 N–H and O–H groups in total. The molecule has 1 aliphatic heterocycles. The summed E-state index contributed by atoms with van der Waals surface area (Å²) in [5.74, 6) is 0.474. The first-order valence-corrected chi connectivity index (χ1v) is 11.2. The number of benzene rings is 3. The van der Waals surface area contributed by atoms with Gasteiger partial charge in [0.15, 0.2) is 0 Å². The van der Waals surface area contributed by atoms with Gasteiger partial charge in [-0.1, -0.05) is 54.1 Å². The average molecular weight is 461 g/mol. The van der Waals surface area contributed by atoms with E-state index in [4.69, 9.17) is 16.0 Å². The molecule has 1 amide bonds. The third-order valence-electron chi connectivity index (χ3n) is 6.07. The Morgan fingerprint density at radius 1 is 1.12 bits per heavy atom. The van der Waals surface area contributed by atoms with Gasteiger partial charge in [-0.2, -0.15) is 0 Å². The minimum Gasteiger partial charge on any atom is -0.441 e. The van der Waals surface area contributed by atoms with Gasteiger partial charge in [0, 0.05) is 17.1 Å². The fourth-order valence-electron chi connectivity index (χ4n) is 4.42. The molecule has 0 saturated heterocycles. The number of aromatic nitrogens is 1. The van der Waals surface area contributed by atoms with Crippen LogP contribution in [0.2, 0.25) is 5.02 Å². The molecule has 5 rings (SSSR count). The van der Waals surface area contributed by atoms with Crippen LogP contribution in [-0.2, 0) is 17.6 Å². The van der Waals surface area contributed by atoms with Gasteiger partial charge >= 0.3 is 0 Å². The summed E-state index contributed by atoms with van der Waals surface area (Å²) in [5.41, 5.74) is 4.48. The number of hydrogen-bond acceptors (Lipinski definition) is 3.